The van der Waals surface area contributed by atoms with Crippen LogP contribution in [0, 0.1) is 3.95 Å². The van der Waals surface area contributed by atoms with Crippen molar-refractivity contribution in [3.63, 3.8) is 0 Å². The summed E-state index contributed by atoms with van der Waals surface area (Å²) in [7, 11) is 0. The SMILES string of the molecule is S=c1sc2ccc(Cl)cc2n1CN1CCN(C/C=C/c2ccccc2)CC1. The average molecular weight is 416 g/mol. The zero-order chi connectivity index (χ0) is 18.6. The molecule has 0 unspecified atom stereocenters. The second-order valence-electron chi connectivity index (χ2n) is 6.78. The van der Waals surface area contributed by atoms with Gasteiger partial charge in [0.05, 0.1) is 16.9 Å². The molecule has 0 N–H and O–H groups in total. The van der Waals surface area contributed by atoms with Gasteiger partial charge in [0.1, 0.15) is 0 Å². The molecule has 1 saturated heterocycles. The number of rotatable bonds is 5. The quantitative estimate of drug-likeness (QED) is 0.519. The Balaban J connectivity index is 1.34. The minimum atomic E-state index is 0.763. The maximum absolute atomic E-state index is 6.19. The molecule has 0 saturated carbocycles. The van der Waals surface area contributed by atoms with E-state index < -0.39 is 0 Å². The third kappa shape index (κ3) is 4.68. The van der Waals surface area contributed by atoms with Gasteiger partial charge in [-0.3, -0.25) is 9.80 Å². The molecule has 3 aromatic rings. The molecule has 0 atom stereocenters. The standard InChI is InChI=1S/C21H22ClN3S2/c22-18-8-9-20-19(15-18)25(21(26)27-20)16-24-13-11-23(12-14-24)10-4-7-17-5-2-1-3-6-17/h1-9,15H,10-14,16H2/b7-4+. The third-order valence-corrected chi connectivity index (χ3v) is 6.57. The molecule has 27 heavy (non-hydrogen) atoms. The van der Waals surface area contributed by atoms with Crippen molar-refractivity contribution in [3.8, 4) is 0 Å². The third-order valence-electron chi connectivity index (χ3n) is 4.91. The molecule has 1 aliphatic rings. The van der Waals surface area contributed by atoms with E-state index in [-0.39, 0.29) is 0 Å². The smallest absolute Gasteiger partial charge is 0.163 e. The molecule has 1 aromatic heterocycles. The predicted octanol–water partition coefficient (Wildman–Crippen LogP) is 5.37. The molecule has 3 nitrogen and oxygen atoms in total. The van der Waals surface area contributed by atoms with Gasteiger partial charge in [-0.1, -0.05) is 54.1 Å². The number of hydrogen-bond donors (Lipinski definition) is 0. The van der Waals surface area contributed by atoms with Crippen LogP contribution in [-0.2, 0) is 6.67 Å². The molecular formula is C21H22ClN3S2. The monoisotopic (exact) mass is 415 g/mol. The average Bonchev–Trinajstić information content (AvgIpc) is 2.99. The first-order chi connectivity index (χ1) is 13.2. The molecule has 6 heteroatoms. The number of benzene rings is 2. The Hall–Kier alpha value is -1.50. The topological polar surface area (TPSA) is 11.4 Å². The number of fused-ring (bicyclic) bond motifs is 1. The fourth-order valence-electron chi connectivity index (χ4n) is 3.38. The van der Waals surface area contributed by atoms with E-state index in [9.17, 15) is 0 Å². The highest BCUT2D eigenvalue weighted by atomic mass is 35.5. The van der Waals surface area contributed by atoms with E-state index in [0.29, 0.717) is 0 Å². The summed E-state index contributed by atoms with van der Waals surface area (Å²) in [5.41, 5.74) is 2.40. The molecule has 140 valence electrons. The zero-order valence-electron chi connectivity index (χ0n) is 15.1. The fourth-order valence-corrected chi connectivity index (χ4v) is 4.84. The van der Waals surface area contributed by atoms with Crippen LogP contribution in [0.1, 0.15) is 5.56 Å². The highest BCUT2D eigenvalue weighted by Gasteiger charge is 2.17. The molecule has 0 aliphatic carbocycles. The van der Waals surface area contributed by atoms with Crippen molar-refractivity contribution in [1.29, 1.82) is 0 Å². The molecule has 0 radical (unpaired) electrons. The normalized spacial score (nSPS) is 16.5. The Bertz CT molecular complexity index is 986. The zero-order valence-corrected chi connectivity index (χ0v) is 17.4. The van der Waals surface area contributed by atoms with Crippen molar-refractivity contribution in [2.45, 2.75) is 6.67 Å². The van der Waals surface area contributed by atoms with Gasteiger partial charge in [-0.2, -0.15) is 0 Å². The minimum absolute atomic E-state index is 0.763. The second-order valence-corrected chi connectivity index (χ2v) is 8.89. The van der Waals surface area contributed by atoms with Crippen LogP contribution >= 0.6 is 35.2 Å². The van der Waals surface area contributed by atoms with Gasteiger partial charge >= 0.3 is 0 Å². The molecular weight excluding hydrogens is 394 g/mol. The highest BCUT2D eigenvalue weighted by Crippen LogP contribution is 2.26. The summed E-state index contributed by atoms with van der Waals surface area (Å²) in [6, 6.07) is 16.5. The summed E-state index contributed by atoms with van der Waals surface area (Å²) in [5.74, 6) is 0. The van der Waals surface area contributed by atoms with Crippen LogP contribution in [0.15, 0.2) is 54.6 Å². The van der Waals surface area contributed by atoms with Gasteiger partial charge in [0.2, 0.25) is 0 Å². The van der Waals surface area contributed by atoms with Gasteiger partial charge in [0.15, 0.2) is 3.95 Å². The Morgan fingerprint density at radius 2 is 1.74 bits per heavy atom. The molecule has 2 heterocycles. The lowest BCUT2D eigenvalue weighted by atomic mass is 10.2. The van der Waals surface area contributed by atoms with Crippen LogP contribution in [0.25, 0.3) is 16.3 Å². The Morgan fingerprint density at radius 1 is 1.00 bits per heavy atom. The van der Waals surface area contributed by atoms with Gasteiger partial charge < -0.3 is 4.57 Å². The van der Waals surface area contributed by atoms with Crippen LogP contribution in [0.2, 0.25) is 5.02 Å². The largest absolute Gasteiger partial charge is 0.309 e. The summed E-state index contributed by atoms with van der Waals surface area (Å²) in [4.78, 5) is 4.97. The Morgan fingerprint density at radius 3 is 2.52 bits per heavy atom. The Labute approximate surface area is 174 Å². The van der Waals surface area contributed by atoms with Gasteiger partial charge in [0.25, 0.3) is 0 Å². The fraction of sp³-hybridized carbons (Fsp3) is 0.286. The van der Waals surface area contributed by atoms with E-state index >= 15 is 0 Å². The first-order valence-electron chi connectivity index (χ1n) is 9.14. The van der Waals surface area contributed by atoms with Crippen LogP contribution in [0.4, 0.5) is 0 Å². The molecule has 1 aliphatic heterocycles. The predicted molar refractivity (Wildman–Crippen MR) is 119 cm³/mol. The van der Waals surface area contributed by atoms with Crippen LogP contribution in [-0.4, -0.2) is 47.1 Å². The lowest BCUT2D eigenvalue weighted by Gasteiger charge is -2.34. The summed E-state index contributed by atoms with van der Waals surface area (Å²) < 4.78 is 4.33. The van der Waals surface area contributed by atoms with E-state index in [1.54, 1.807) is 11.3 Å². The first kappa shape index (κ1) is 18.8. The Kier molecular flexibility index (Phi) is 6.05. The number of thiazole rings is 1. The van der Waals surface area contributed by atoms with Gasteiger partial charge in [-0.25, -0.2) is 0 Å². The number of halogens is 1. The lowest BCUT2D eigenvalue weighted by molar-refractivity contribution is 0.117. The van der Waals surface area contributed by atoms with Crippen LogP contribution in [0.5, 0.6) is 0 Å². The summed E-state index contributed by atoms with van der Waals surface area (Å²) in [5, 5.41) is 0.763. The van der Waals surface area contributed by atoms with Gasteiger partial charge in [0, 0.05) is 37.7 Å². The van der Waals surface area contributed by atoms with E-state index in [1.165, 1.54) is 10.3 Å². The van der Waals surface area contributed by atoms with E-state index in [4.69, 9.17) is 23.8 Å². The molecule has 1 fully saturated rings. The summed E-state index contributed by atoms with van der Waals surface area (Å²) in [6.45, 7) is 6.11. The first-order valence-corrected chi connectivity index (χ1v) is 10.7. The van der Waals surface area contributed by atoms with Crippen molar-refractivity contribution in [1.82, 2.24) is 14.4 Å². The highest BCUT2D eigenvalue weighted by molar-refractivity contribution is 7.73. The summed E-state index contributed by atoms with van der Waals surface area (Å²) in [6.07, 6.45) is 4.46. The van der Waals surface area contributed by atoms with Crippen LogP contribution < -0.4 is 0 Å². The lowest BCUT2D eigenvalue weighted by Crippen LogP contribution is -2.46. The summed E-state index contributed by atoms with van der Waals surface area (Å²) >= 11 is 13.4. The number of piperazine rings is 1. The van der Waals surface area contributed by atoms with Crippen molar-refractivity contribution >= 4 is 51.4 Å². The molecule has 0 amide bonds. The second kappa shape index (κ2) is 8.67. The van der Waals surface area contributed by atoms with E-state index in [0.717, 1.165) is 53.9 Å². The maximum Gasteiger partial charge on any atom is 0.163 e. The van der Waals surface area contributed by atoms with Gasteiger partial charge in [-0.05, 0) is 36.0 Å². The van der Waals surface area contributed by atoms with Crippen molar-refractivity contribution in [3.05, 3.63) is 69.1 Å². The molecule has 0 bridgehead atoms. The van der Waals surface area contributed by atoms with E-state index in [1.807, 2.05) is 18.2 Å². The van der Waals surface area contributed by atoms with Gasteiger partial charge in [-0.15, -0.1) is 11.3 Å². The minimum Gasteiger partial charge on any atom is -0.309 e. The molecule has 0 spiro atoms. The maximum atomic E-state index is 6.19. The number of aromatic nitrogens is 1. The van der Waals surface area contributed by atoms with Crippen molar-refractivity contribution in [2.24, 2.45) is 0 Å². The number of nitrogens with zero attached hydrogens (tertiary/aromatic N) is 3. The molecule has 2 aromatic carbocycles. The van der Waals surface area contributed by atoms with Crippen molar-refractivity contribution in [2.75, 3.05) is 32.7 Å². The van der Waals surface area contributed by atoms with Crippen LogP contribution in [0.3, 0.4) is 0 Å². The molecule has 4 rings (SSSR count). The van der Waals surface area contributed by atoms with Crippen molar-refractivity contribution < 1.29 is 0 Å². The van der Waals surface area contributed by atoms with E-state index in [2.05, 4.69) is 56.9 Å². The number of hydrogen-bond acceptors (Lipinski definition) is 4.